The van der Waals surface area contributed by atoms with Crippen LogP contribution in [0.2, 0.25) is 0 Å². The van der Waals surface area contributed by atoms with Crippen LogP contribution < -0.4 is 10.5 Å². The molecular weight excluding hydrogens is 256 g/mol. The molecule has 3 nitrogen and oxygen atoms in total. The number of hydrogen-bond acceptors (Lipinski definition) is 4. The van der Waals surface area contributed by atoms with Gasteiger partial charge in [-0.3, -0.25) is 4.90 Å². The predicted octanol–water partition coefficient (Wildman–Crippen LogP) is 1.55. The fourth-order valence-corrected chi connectivity index (χ4v) is 3.11. The minimum atomic E-state index is 0.394. The number of hydrogen-bond donors (Lipinski definition) is 1. The molecule has 0 aliphatic carbocycles. The summed E-state index contributed by atoms with van der Waals surface area (Å²) in [5.74, 6) is 9.35. The van der Waals surface area contributed by atoms with Gasteiger partial charge in [-0.2, -0.15) is 11.8 Å². The van der Waals surface area contributed by atoms with Gasteiger partial charge in [-0.15, -0.1) is 0 Å². The Morgan fingerprint density at radius 1 is 1.37 bits per heavy atom. The molecule has 1 heterocycles. The van der Waals surface area contributed by atoms with Crippen molar-refractivity contribution in [3.8, 4) is 17.6 Å². The van der Waals surface area contributed by atoms with Gasteiger partial charge >= 0.3 is 0 Å². The average molecular weight is 276 g/mol. The Balaban J connectivity index is 2.15. The molecule has 1 aromatic carbocycles. The number of benzene rings is 1. The van der Waals surface area contributed by atoms with Gasteiger partial charge in [0.05, 0.1) is 13.7 Å². The Bertz CT molecular complexity index is 473. The van der Waals surface area contributed by atoms with Gasteiger partial charge in [0.2, 0.25) is 0 Å². The van der Waals surface area contributed by atoms with E-state index < -0.39 is 0 Å². The van der Waals surface area contributed by atoms with Gasteiger partial charge in [-0.25, -0.2) is 0 Å². The van der Waals surface area contributed by atoms with Crippen molar-refractivity contribution in [2.24, 2.45) is 5.73 Å². The van der Waals surface area contributed by atoms with E-state index in [1.54, 1.807) is 7.11 Å². The number of thioether (sulfide) groups is 1. The van der Waals surface area contributed by atoms with Gasteiger partial charge in [-0.1, -0.05) is 11.8 Å². The van der Waals surface area contributed by atoms with Gasteiger partial charge in [-0.05, 0) is 18.2 Å². The topological polar surface area (TPSA) is 38.5 Å². The summed E-state index contributed by atoms with van der Waals surface area (Å²) in [4.78, 5) is 2.47. The Morgan fingerprint density at radius 3 is 2.84 bits per heavy atom. The zero-order chi connectivity index (χ0) is 13.5. The van der Waals surface area contributed by atoms with Crippen LogP contribution in [0.15, 0.2) is 18.2 Å². The fraction of sp³-hybridized carbons (Fsp3) is 0.467. The summed E-state index contributed by atoms with van der Waals surface area (Å²) in [6, 6.07) is 6.09. The molecule has 1 aromatic rings. The van der Waals surface area contributed by atoms with E-state index in [2.05, 4.69) is 22.8 Å². The summed E-state index contributed by atoms with van der Waals surface area (Å²) in [6.07, 6.45) is 0. The van der Waals surface area contributed by atoms with Gasteiger partial charge in [0.1, 0.15) is 5.75 Å². The van der Waals surface area contributed by atoms with Gasteiger partial charge < -0.3 is 10.5 Å². The lowest BCUT2D eigenvalue weighted by atomic mass is 10.1. The second-order valence-electron chi connectivity index (χ2n) is 4.42. The summed E-state index contributed by atoms with van der Waals surface area (Å²) in [6.45, 7) is 3.62. The summed E-state index contributed by atoms with van der Waals surface area (Å²) in [5.41, 5.74) is 7.62. The van der Waals surface area contributed by atoms with E-state index >= 15 is 0 Å². The van der Waals surface area contributed by atoms with E-state index in [-0.39, 0.29) is 0 Å². The number of nitrogens with two attached hydrogens (primary N) is 1. The first kappa shape index (κ1) is 14.3. The zero-order valence-electron chi connectivity index (χ0n) is 11.3. The maximum atomic E-state index is 5.44. The van der Waals surface area contributed by atoms with Crippen LogP contribution in [0.4, 0.5) is 0 Å². The quantitative estimate of drug-likeness (QED) is 0.850. The summed E-state index contributed by atoms with van der Waals surface area (Å²) >= 11 is 2.02. The lowest BCUT2D eigenvalue weighted by molar-refractivity contribution is 0.288. The molecule has 0 unspecified atom stereocenters. The molecular formula is C15H20N2OS. The average Bonchev–Trinajstić information content (AvgIpc) is 2.46. The molecule has 4 heteroatoms. The van der Waals surface area contributed by atoms with E-state index in [1.165, 1.54) is 17.1 Å². The van der Waals surface area contributed by atoms with Crippen LogP contribution in [0.25, 0.3) is 0 Å². The Hall–Kier alpha value is -1.15. The molecule has 1 saturated heterocycles. The second-order valence-corrected chi connectivity index (χ2v) is 5.65. The third-order valence-corrected chi connectivity index (χ3v) is 4.06. The number of rotatable bonds is 3. The number of ether oxygens (including phenoxy) is 1. The van der Waals surface area contributed by atoms with Crippen molar-refractivity contribution >= 4 is 11.8 Å². The standard InChI is InChI=1S/C15H20N2OS/c1-18-15-5-4-13(3-2-6-16)11-14(15)12-17-7-9-19-10-8-17/h4-5,11H,6-10,12,16H2,1H3. The van der Waals surface area contributed by atoms with E-state index in [1.807, 2.05) is 23.9 Å². The highest BCUT2D eigenvalue weighted by Crippen LogP contribution is 2.22. The van der Waals surface area contributed by atoms with Crippen molar-refractivity contribution < 1.29 is 4.74 Å². The van der Waals surface area contributed by atoms with Crippen molar-refractivity contribution in [2.75, 3.05) is 38.2 Å². The normalized spacial score (nSPS) is 15.7. The van der Waals surface area contributed by atoms with Crippen molar-refractivity contribution in [3.05, 3.63) is 29.3 Å². The van der Waals surface area contributed by atoms with E-state index in [0.717, 1.165) is 30.9 Å². The smallest absolute Gasteiger partial charge is 0.123 e. The van der Waals surface area contributed by atoms with Crippen LogP contribution in [0.1, 0.15) is 11.1 Å². The fourth-order valence-electron chi connectivity index (χ4n) is 2.13. The Morgan fingerprint density at radius 2 is 2.16 bits per heavy atom. The monoisotopic (exact) mass is 276 g/mol. The van der Waals surface area contributed by atoms with Crippen LogP contribution in [0.5, 0.6) is 5.75 Å². The molecule has 0 bridgehead atoms. The first-order valence-corrected chi connectivity index (χ1v) is 7.65. The summed E-state index contributed by atoms with van der Waals surface area (Å²) in [5, 5.41) is 0. The van der Waals surface area contributed by atoms with Crippen molar-refractivity contribution in [1.82, 2.24) is 4.90 Å². The van der Waals surface area contributed by atoms with Crippen molar-refractivity contribution in [3.63, 3.8) is 0 Å². The molecule has 0 atom stereocenters. The molecule has 2 rings (SSSR count). The molecule has 1 fully saturated rings. The van der Waals surface area contributed by atoms with Crippen LogP contribution in [-0.4, -0.2) is 43.1 Å². The SMILES string of the molecule is COc1ccc(C#CCN)cc1CN1CCSCC1. The molecule has 1 aliphatic rings. The van der Waals surface area contributed by atoms with Gasteiger partial charge in [0.25, 0.3) is 0 Å². The highest BCUT2D eigenvalue weighted by molar-refractivity contribution is 7.99. The van der Waals surface area contributed by atoms with Crippen molar-refractivity contribution in [1.29, 1.82) is 0 Å². The lowest BCUT2D eigenvalue weighted by Crippen LogP contribution is -2.32. The lowest BCUT2D eigenvalue weighted by Gasteiger charge is -2.26. The first-order valence-electron chi connectivity index (χ1n) is 6.49. The van der Waals surface area contributed by atoms with Crippen LogP contribution in [-0.2, 0) is 6.54 Å². The van der Waals surface area contributed by atoms with E-state index in [4.69, 9.17) is 10.5 Å². The molecule has 0 radical (unpaired) electrons. The molecule has 2 N–H and O–H groups in total. The molecule has 1 aliphatic heterocycles. The molecule has 0 aromatic heterocycles. The second kappa shape index (κ2) is 7.44. The number of methoxy groups -OCH3 is 1. The third-order valence-electron chi connectivity index (χ3n) is 3.11. The molecule has 0 saturated carbocycles. The third kappa shape index (κ3) is 4.17. The van der Waals surface area contributed by atoms with Crippen LogP contribution in [0.3, 0.4) is 0 Å². The highest BCUT2D eigenvalue weighted by atomic mass is 32.2. The van der Waals surface area contributed by atoms with Crippen molar-refractivity contribution in [2.45, 2.75) is 6.54 Å². The maximum Gasteiger partial charge on any atom is 0.123 e. The Labute approximate surface area is 119 Å². The minimum absolute atomic E-state index is 0.394. The summed E-state index contributed by atoms with van der Waals surface area (Å²) < 4.78 is 5.44. The maximum absolute atomic E-state index is 5.44. The van der Waals surface area contributed by atoms with Gasteiger partial charge in [0.15, 0.2) is 0 Å². The first-order chi connectivity index (χ1) is 9.33. The Kier molecular flexibility index (Phi) is 5.59. The minimum Gasteiger partial charge on any atom is -0.496 e. The molecule has 102 valence electrons. The zero-order valence-corrected chi connectivity index (χ0v) is 12.1. The molecule has 0 spiro atoms. The molecule has 19 heavy (non-hydrogen) atoms. The van der Waals surface area contributed by atoms with Crippen LogP contribution in [0, 0.1) is 11.8 Å². The molecule has 0 amide bonds. The van der Waals surface area contributed by atoms with Crippen LogP contribution >= 0.6 is 11.8 Å². The number of nitrogens with zero attached hydrogens (tertiary/aromatic N) is 1. The van der Waals surface area contributed by atoms with Gasteiger partial charge in [0, 0.05) is 42.3 Å². The van der Waals surface area contributed by atoms with E-state index in [0.29, 0.717) is 6.54 Å². The van der Waals surface area contributed by atoms with E-state index in [9.17, 15) is 0 Å². The largest absolute Gasteiger partial charge is 0.496 e. The summed E-state index contributed by atoms with van der Waals surface area (Å²) in [7, 11) is 1.72. The highest BCUT2D eigenvalue weighted by Gasteiger charge is 2.13. The predicted molar refractivity (Wildman–Crippen MR) is 81.5 cm³/mol.